The van der Waals surface area contributed by atoms with Crippen LogP contribution in [0.25, 0.3) is 129 Å². The van der Waals surface area contributed by atoms with E-state index in [1.165, 1.54) is 0 Å². The zero-order valence-electron chi connectivity index (χ0n) is 37.8. The summed E-state index contributed by atoms with van der Waals surface area (Å²) < 4.78 is 9.86. The van der Waals surface area contributed by atoms with Gasteiger partial charge in [0.2, 0.25) is 0 Å². The normalized spacial score (nSPS) is 11.9. The minimum absolute atomic E-state index is 0.449. The number of hydrogen-bond acceptors (Lipinski definition) is 6. The minimum Gasteiger partial charge on any atom is -0.309 e. The maximum atomic E-state index is 5.38. The van der Waals surface area contributed by atoms with Crippen molar-refractivity contribution in [1.29, 1.82) is 0 Å². The third-order valence-electron chi connectivity index (χ3n) is 13.7. The summed E-state index contributed by atoms with van der Waals surface area (Å²) in [5.74, 6) is 2.91. The smallest absolute Gasteiger partial charge is 0.260 e. The molecular weight excluding hydrogens is 875 g/mol. The molecule has 332 valence electrons. The standard InChI is InChI=1S/C60H37N11/c1-5-18-38(19-6-1)44-28-17-29-45(39-20-7-2-8-21-39)54(44)57-63-60-70-58(61-55(65-70)40-32-34-52-48(36-40)46-26-13-15-30-50(46)67(52)42-22-9-3-10-23-42)69-59(71(60)66-57)62-56(64-69)41-33-35-53-49(37-41)47-27-14-16-31-51(47)68(53)43-24-11-4-12-25-43/h1-37H. The Kier molecular flexibility index (Phi) is 8.39. The van der Waals surface area contributed by atoms with Crippen molar-refractivity contribution in [3.05, 3.63) is 224 Å². The van der Waals surface area contributed by atoms with E-state index < -0.39 is 0 Å². The maximum Gasteiger partial charge on any atom is 0.260 e. The monoisotopic (exact) mass is 911 g/mol. The first-order chi connectivity index (χ1) is 35.2. The van der Waals surface area contributed by atoms with Crippen LogP contribution in [0.4, 0.5) is 0 Å². The molecule has 0 saturated carbocycles. The van der Waals surface area contributed by atoms with Gasteiger partial charge in [0.1, 0.15) is 0 Å². The summed E-state index contributed by atoms with van der Waals surface area (Å²) in [4.78, 5) is 16.0. The van der Waals surface area contributed by atoms with Crippen molar-refractivity contribution in [1.82, 2.24) is 52.9 Å². The summed E-state index contributed by atoms with van der Waals surface area (Å²) in [6, 6.07) is 78.0. The van der Waals surface area contributed by atoms with E-state index in [1.54, 1.807) is 13.5 Å². The second kappa shape index (κ2) is 15.3. The molecule has 71 heavy (non-hydrogen) atoms. The van der Waals surface area contributed by atoms with Gasteiger partial charge < -0.3 is 9.13 Å². The highest BCUT2D eigenvalue weighted by molar-refractivity contribution is 6.11. The van der Waals surface area contributed by atoms with Gasteiger partial charge in [-0.25, -0.2) is 0 Å². The summed E-state index contributed by atoms with van der Waals surface area (Å²) in [6.07, 6.45) is 0. The lowest BCUT2D eigenvalue weighted by Crippen LogP contribution is -2.06. The number of benzene rings is 9. The molecule has 0 spiro atoms. The van der Waals surface area contributed by atoms with Crippen molar-refractivity contribution < 1.29 is 0 Å². The molecule has 15 rings (SSSR count). The van der Waals surface area contributed by atoms with Gasteiger partial charge in [-0.1, -0.05) is 152 Å². The Morgan fingerprint density at radius 1 is 0.268 bits per heavy atom. The van der Waals surface area contributed by atoms with Crippen LogP contribution < -0.4 is 0 Å². The van der Waals surface area contributed by atoms with E-state index in [-0.39, 0.29) is 0 Å². The number of hydrogen-bond donors (Lipinski definition) is 0. The molecule has 0 amide bonds. The van der Waals surface area contributed by atoms with Gasteiger partial charge in [0.15, 0.2) is 17.5 Å². The highest BCUT2D eigenvalue weighted by atomic mass is 15.5. The predicted octanol–water partition coefficient (Wildman–Crippen LogP) is 13.3. The van der Waals surface area contributed by atoms with E-state index in [4.69, 9.17) is 30.2 Å². The van der Waals surface area contributed by atoms with E-state index in [0.29, 0.717) is 34.8 Å². The fourth-order valence-corrected chi connectivity index (χ4v) is 10.5. The van der Waals surface area contributed by atoms with Gasteiger partial charge in [-0.2, -0.15) is 28.5 Å². The molecule has 9 aromatic carbocycles. The Labute approximate surface area is 404 Å². The Hall–Kier alpha value is -10.0. The van der Waals surface area contributed by atoms with Crippen molar-refractivity contribution in [2.75, 3.05) is 0 Å². The van der Waals surface area contributed by atoms with Gasteiger partial charge in [-0.3, -0.25) is 0 Å². The molecule has 0 fully saturated rings. The minimum atomic E-state index is 0.449. The fourth-order valence-electron chi connectivity index (χ4n) is 10.5. The summed E-state index contributed by atoms with van der Waals surface area (Å²) in [5.41, 5.74) is 13.3. The van der Waals surface area contributed by atoms with Crippen molar-refractivity contribution >= 4 is 60.9 Å². The lowest BCUT2D eigenvalue weighted by molar-refractivity contribution is 0.817. The van der Waals surface area contributed by atoms with Crippen LogP contribution >= 0.6 is 0 Å². The fraction of sp³-hybridized carbons (Fsp3) is 0. The summed E-state index contributed by atoms with van der Waals surface area (Å²) in [5, 5.41) is 20.3. The molecule has 0 radical (unpaired) electrons. The molecule has 0 bridgehead atoms. The maximum absolute atomic E-state index is 5.38. The van der Waals surface area contributed by atoms with Crippen LogP contribution in [-0.4, -0.2) is 52.9 Å². The topological polar surface area (TPSA) is 100 Å². The molecule has 0 saturated heterocycles. The van der Waals surface area contributed by atoms with Crippen molar-refractivity contribution in [2.45, 2.75) is 0 Å². The molecule has 11 heteroatoms. The molecule has 0 aliphatic rings. The lowest BCUT2D eigenvalue weighted by Gasteiger charge is -2.13. The highest BCUT2D eigenvalue weighted by Crippen LogP contribution is 2.40. The predicted molar refractivity (Wildman–Crippen MR) is 282 cm³/mol. The van der Waals surface area contributed by atoms with Crippen molar-refractivity contribution in [2.24, 2.45) is 0 Å². The van der Waals surface area contributed by atoms with Crippen LogP contribution in [-0.2, 0) is 0 Å². The second-order valence-corrected chi connectivity index (χ2v) is 17.7. The molecule has 0 N–H and O–H groups in total. The Bertz CT molecular complexity index is 4280. The van der Waals surface area contributed by atoms with Crippen molar-refractivity contribution in [3.63, 3.8) is 0 Å². The molecular formula is C60H37N11. The van der Waals surface area contributed by atoms with Gasteiger partial charge in [-0.15, -0.1) is 15.3 Å². The number of fused-ring (bicyclic) bond motifs is 12. The first-order valence-electron chi connectivity index (χ1n) is 23.6. The van der Waals surface area contributed by atoms with E-state index in [2.05, 4.69) is 209 Å². The van der Waals surface area contributed by atoms with Crippen LogP contribution in [0.1, 0.15) is 0 Å². The lowest BCUT2D eigenvalue weighted by atomic mass is 9.91. The van der Waals surface area contributed by atoms with Crippen LogP contribution in [0.15, 0.2) is 224 Å². The van der Waals surface area contributed by atoms with Gasteiger partial charge in [0.05, 0.1) is 22.1 Å². The Morgan fingerprint density at radius 2 is 0.634 bits per heavy atom. The van der Waals surface area contributed by atoms with Gasteiger partial charge in [-0.05, 0) is 95.1 Å². The molecule has 0 aliphatic carbocycles. The Balaban J connectivity index is 0.980. The first-order valence-corrected chi connectivity index (χ1v) is 23.6. The summed E-state index contributed by atoms with van der Waals surface area (Å²) >= 11 is 0. The quantitative estimate of drug-likeness (QED) is 0.158. The van der Waals surface area contributed by atoms with Gasteiger partial charge >= 0.3 is 0 Å². The number of para-hydroxylation sites is 4. The zero-order chi connectivity index (χ0) is 46.6. The average Bonchev–Trinajstić information content (AvgIpc) is 4.29. The SMILES string of the molecule is c1ccc(-c2cccc(-c3ccccc3)c2-c2nc3n4nc(-c5ccc6c(c5)c5ccccc5n6-c5ccccc5)nc4n4nc(-c5ccc6c(c5)c5ccccc5n6-c5ccccc5)nc4n3n2)cc1. The van der Waals surface area contributed by atoms with E-state index in [0.717, 1.165) is 93.9 Å². The van der Waals surface area contributed by atoms with Crippen LogP contribution in [0.5, 0.6) is 0 Å². The molecule has 15 aromatic rings. The first kappa shape index (κ1) is 39.0. The van der Waals surface area contributed by atoms with E-state index in [1.807, 2.05) is 24.3 Å². The molecule has 6 aromatic heterocycles. The zero-order valence-corrected chi connectivity index (χ0v) is 37.8. The third kappa shape index (κ3) is 5.96. The number of aromatic nitrogens is 11. The van der Waals surface area contributed by atoms with Gasteiger partial charge in [0, 0.05) is 49.6 Å². The second-order valence-electron chi connectivity index (χ2n) is 17.7. The Morgan fingerprint density at radius 3 is 1.08 bits per heavy atom. The number of nitrogens with zero attached hydrogens (tertiary/aromatic N) is 11. The molecule has 0 atom stereocenters. The van der Waals surface area contributed by atoms with E-state index in [9.17, 15) is 0 Å². The van der Waals surface area contributed by atoms with Crippen LogP contribution in [0.2, 0.25) is 0 Å². The summed E-state index contributed by atoms with van der Waals surface area (Å²) in [7, 11) is 0. The average molecular weight is 912 g/mol. The molecule has 0 unspecified atom stereocenters. The summed E-state index contributed by atoms with van der Waals surface area (Å²) in [6.45, 7) is 0. The van der Waals surface area contributed by atoms with Crippen LogP contribution in [0, 0.1) is 0 Å². The third-order valence-corrected chi connectivity index (χ3v) is 13.7. The van der Waals surface area contributed by atoms with E-state index >= 15 is 0 Å². The van der Waals surface area contributed by atoms with Gasteiger partial charge in [0.25, 0.3) is 17.3 Å². The highest BCUT2D eigenvalue weighted by Gasteiger charge is 2.26. The van der Waals surface area contributed by atoms with Crippen molar-refractivity contribution in [3.8, 4) is 67.8 Å². The molecule has 6 heterocycles. The largest absolute Gasteiger partial charge is 0.309 e. The van der Waals surface area contributed by atoms with Crippen LogP contribution in [0.3, 0.4) is 0 Å². The number of rotatable bonds is 7. The molecule has 0 aliphatic heterocycles. The molecule has 11 nitrogen and oxygen atoms in total.